The molecule has 14 heavy (non-hydrogen) atoms. The molecule has 5 nitrogen and oxygen atoms in total. The zero-order valence-corrected chi connectivity index (χ0v) is 8.92. The van der Waals surface area contributed by atoms with E-state index in [1.54, 1.807) is 5.18 Å². The number of carbonyl (C=O) groups excluding carboxylic acids is 1. The Hall–Kier alpha value is -1.43. The summed E-state index contributed by atoms with van der Waals surface area (Å²) in [4.78, 5) is 21.4. The lowest BCUT2D eigenvalue weighted by molar-refractivity contribution is -0.381. The van der Waals surface area contributed by atoms with Crippen molar-refractivity contribution < 1.29 is 14.7 Å². The summed E-state index contributed by atoms with van der Waals surface area (Å²) in [5.74, 6) is -0.315. The number of carbonyl (C=O) groups is 1. The third-order valence-electron chi connectivity index (χ3n) is 1.66. The second kappa shape index (κ2) is 4.19. The van der Waals surface area contributed by atoms with Gasteiger partial charge in [0.25, 0.3) is 0 Å². The van der Waals surface area contributed by atoms with Gasteiger partial charge in [-0.05, 0) is 22.0 Å². The fraction of sp³-hybridized carbons (Fsp3) is 0.125. The molecule has 0 aromatic heterocycles. The van der Waals surface area contributed by atoms with E-state index in [4.69, 9.17) is 10.5 Å². The van der Waals surface area contributed by atoms with Gasteiger partial charge in [0, 0.05) is 21.7 Å². The minimum atomic E-state index is -0.582. The number of nitrogens with two attached hydrogens (primary N) is 1. The number of primary amides is 1. The molecular formula is C8H8BrN2O3+. The van der Waals surface area contributed by atoms with Crippen LogP contribution in [0.3, 0.4) is 0 Å². The maximum atomic E-state index is 10.9. The molecule has 0 unspecified atom stereocenters. The fourth-order valence-corrected chi connectivity index (χ4v) is 1.51. The molecule has 0 spiro atoms. The van der Waals surface area contributed by atoms with Crippen LogP contribution in [0.15, 0.2) is 16.6 Å². The van der Waals surface area contributed by atoms with Crippen LogP contribution in [0.25, 0.3) is 0 Å². The number of ether oxygens (including phenoxy) is 1. The van der Waals surface area contributed by atoms with Gasteiger partial charge in [-0.3, -0.25) is 4.79 Å². The molecule has 0 aliphatic heterocycles. The molecule has 0 saturated heterocycles. The number of nitrogens with one attached hydrogen (secondary N) is 1. The Bertz CT molecular complexity index is 392. The molecule has 0 fully saturated rings. The van der Waals surface area contributed by atoms with Gasteiger partial charge >= 0.3 is 5.69 Å². The van der Waals surface area contributed by atoms with Crippen LogP contribution in [0.5, 0.6) is 5.75 Å². The molecule has 0 bridgehead atoms. The molecule has 0 radical (unpaired) electrons. The maximum Gasteiger partial charge on any atom is 0.308 e. The predicted octanol–water partition coefficient (Wildman–Crippen LogP) is 0.0351. The smallest absolute Gasteiger partial charge is 0.308 e. The van der Waals surface area contributed by atoms with Gasteiger partial charge in [0.15, 0.2) is 5.75 Å². The summed E-state index contributed by atoms with van der Waals surface area (Å²) in [7, 11) is 1.40. The Morgan fingerprint density at radius 3 is 2.64 bits per heavy atom. The van der Waals surface area contributed by atoms with Crippen molar-refractivity contribution in [3.05, 3.63) is 27.1 Å². The van der Waals surface area contributed by atoms with E-state index in [2.05, 4.69) is 15.9 Å². The summed E-state index contributed by atoms with van der Waals surface area (Å²) in [5, 5.41) is 1.71. The molecule has 0 atom stereocenters. The van der Waals surface area contributed by atoms with Gasteiger partial charge in [-0.1, -0.05) is 0 Å². The monoisotopic (exact) mass is 259 g/mol. The van der Waals surface area contributed by atoms with Crippen LogP contribution in [0.4, 0.5) is 5.69 Å². The molecule has 3 N–H and O–H groups in total. The van der Waals surface area contributed by atoms with Crippen molar-refractivity contribution in [3.8, 4) is 5.75 Å². The highest BCUT2D eigenvalue weighted by Crippen LogP contribution is 2.29. The Morgan fingerprint density at radius 1 is 1.57 bits per heavy atom. The molecule has 74 valence electrons. The van der Waals surface area contributed by atoms with Gasteiger partial charge in [0.1, 0.15) is 0 Å². The first-order chi connectivity index (χ1) is 6.60. The quantitative estimate of drug-likeness (QED) is 0.804. The Morgan fingerprint density at radius 2 is 2.21 bits per heavy atom. The van der Waals surface area contributed by atoms with Gasteiger partial charge in [0.2, 0.25) is 5.91 Å². The van der Waals surface area contributed by atoms with Crippen molar-refractivity contribution in [2.24, 2.45) is 5.73 Å². The molecular weight excluding hydrogens is 252 g/mol. The SMILES string of the molecule is COc1cc(C(N)=O)cc(Br)c1[NH+]=O. The van der Waals surface area contributed by atoms with Crippen molar-refractivity contribution in [2.45, 2.75) is 0 Å². The molecule has 1 aromatic carbocycles. The summed E-state index contributed by atoms with van der Waals surface area (Å²) in [6, 6.07) is 2.85. The first kappa shape index (κ1) is 10.6. The molecule has 0 aliphatic rings. The van der Waals surface area contributed by atoms with Gasteiger partial charge in [0.05, 0.1) is 11.6 Å². The Balaban J connectivity index is 3.38. The Kier molecular flexibility index (Phi) is 3.19. The van der Waals surface area contributed by atoms with Crippen molar-refractivity contribution in [3.63, 3.8) is 0 Å². The van der Waals surface area contributed by atoms with E-state index in [0.29, 0.717) is 4.47 Å². The second-order valence-corrected chi connectivity index (χ2v) is 3.36. The molecule has 0 heterocycles. The van der Waals surface area contributed by atoms with E-state index in [-0.39, 0.29) is 17.0 Å². The number of hydrogen-bond acceptors (Lipinski definition) is 3. The van der Waals surface area contributed by atoms with E-state index in [0.717, 1.165) is 0 Å². The van der Waals surface area contributed by atoms with Crippen molar-refractivity contribution >= 4 is 27.5 Å². The number of halogens is 1. The Labute approximate surface area is 88.3 Å². The third-order valence-corrected chi connectivity index (χ3v) is 2.29. The second-order valence-electron chi connectivity index (χ2n) is 2.50. The van der Waals surface area contributed by atoms with Crippen LogP contribution in [0.1, 0.15) is 10.4 Å². The van der Waals surface area contributed by atoms with Gasteiger partial charge in [-0.2, -0.15) is 0 Å². The highest BCUT2D eigenvalue weighted by molar-refractivity contribution is 9.10. The maximum absolute atomic E-state index is 10.9. The number of nitroso groups, excluding NO2 is 1. The number of hydrogen-bond donors (Lipinski definition) is 2. The number of amides is 1. The molecule has 0 saturated carbocycles. The van der Waals surface area contributed by atoms with Crippen LogP contribution in [0.2, 0.25) is 0 Å². The lowest BCUT2D eigenvalue weighted by atomic mass is 10.2. The summed E-state index contributed by atoms with van der Waals surface area (Å²) in [5.41, 5.74) is 5.59. The van der Waals surface area contributed by atoms with Crippen LogP contribution < -0.4 is 15.6 Å². The van der Waals surface area contributed by atoms with E-state index in [1.807, 2.05) is 0 Å². The standard InChI is InChI=1S/C8H7BrN2O3/c1-14-6-3-4(8(10)12)2-5(9)7(6)11-13/h2-3H,1H3,(H2,10,12)/p+1. The third kappa shape index (κ3) is 1.90. The van der Waals surface area contributed by atoms with Gasteiger partial charge < -0.3 is 10.5 Å². The zero-order chi connectivity index (χ0) is 10.7. The zero-order valence-electron chi connectivity index (χ0n) is 7.33. The van der Waals surface area contributed by atoms with Crippen LogP contribution in [-0.2, 0) is 0 Å². The van der Waals surface area contributed by atoms with E-state index in [1.165, 1.54) is 19.2 Å². The van der Waals surface area contributed by atoms with Gasteiger partial charge in [-0.25, -0.2) is 0 Å². The molecule has 1 rings (SSSR count). The molecule has 1 aromatic rings. The number of methoxy groups -OCH3 is 1. The highest BCUT2D eigenvalue weighted by atomic mass is 79.9. The largest absolute Gasteiger partial charge is 0.490 e. The first-order valence-corrected chi connectivity index (χ1v) is 4.45. The number of rotatable bonds is 3. The molecule has 0 aliphatic carbocycles. The van der Waals surface area contributed by atoms with E-state index in [9.17, 15) is 9.70 Å². The van der Waals surface area contributed by atoms with Crippen LogP contribution in [0, 0.1) is 4.91 Å². The lowest BCUT2D eigenvalue weighted by Crippen LogP contribution is -2.56. The molecule has 6 heteroatoms. The molecule has 1 amide bonds. The highest BCUT2D eigenvalue weighted by Gasteiger charge is 2.17. The summed E-state index contributed by atoms with van der Waals surface area (Å²) >= 11 is 3.12. The van der Waals surface area contributed by atoms with E-state index >= 15 is 0 Å². The average Bonchev–Trinajstić information content (AvgIpc) is 2.16. The van der Waals surface area contributed by atoms with Gasteiger partial charge in [-0.15, -0.1) is 0 Å². The van der Waals surface area contributed by atoms with E-state index < -0.39 is 5.91 Å². The summed E-state index contributed by atoms with van der Waals surface area (Å²) in [6.07, 6.45) is 0. The van der Waals surface area contributed by atoms with Crippen molar-refractivity contribution in [1.29, 1.82) is 0 Å². The minimum absolute atomic E-state index is 0.234. The predicted molar refractivity (Wildman–Crippen MR) is 53.2 cm³/mol. The summed E-state index contributed by atoms with van der Waals surface area (Å²) < 4.78 is 5.34. The normalized spacial score (nSPS) is 9.57. The first-order valence-electron chi connectivity index (χ1n) is 3.65. The minimum Gasteiger partial charge on any atom is -0.490 e. The van der Waals surface area contributed by atoms with Crippen LogP contribution >= 0.6 is 15.9 Å². The van der Waals surface area contributed by atoms with Crippen LogP contribution in [-0.4, -0.2) is 13.0 Å². The summed E-state index contributed by atoms with van der Waals surface area (Å²) in [6.45, 7) is 0. The van der Waals surface area contributed by atoms with Crippen molar-refractivity contribution in [2.75, 3.05) is 7.11 Å². The lowest BCUT2D eigenvalue weighted by Gasteiger charge is -2.02. The van der Waals surface area contributed by atoms with Crippen molar-refractivity contribution in [1.82, 2.24) is 0 Å². The number of benzene rings is 1. The topological polar surface area (TPSA) is 83.4 Å². The average molecular weight is 260 g/mol. The fourth-order valence-electron chi connectivity index (χ4n) is 0.984.